The topological polar surface area (TPSA) is 37.3 Å². The molecule has 0 saturated carbocycles. The van der Waals surface area contributed by atoms with Crippen molar-refractivity contribution >= 4 is 5.97 Å². The minimum Gasteiger partial charge on any atom is -0.477 e. The molecule has 96 valence electrons. The van der Waals surface area contributed by atoms with Crippen LogP contribution >= 0.6 is 0 Å². The molecular formula is C13H28NO2+. The Bertz CT molecular complexity index is 249. The Morgan fingerprint density at radius 1 is 1.12 bits per heavy atom. The van der Waals surface area contributed by atoms with Crippen LogP contribution in [0.3, 0.4) is 0 Å². The smallest absolute Gasteiger partial charge is 0.359 e. The summed E-state index contributed by atoms with van der Waals surface area (Å²) in [6.45, 7) is 12.2. The van der Waals surface area contributed by atoms with Crippen LogP contribution in [-0.4, -0.2) is 42.7 Å². The predicted octanol–water partition coefficient (Wildman–Crippen LogP) is 2.61. The number of hydrogen-bond acceptors (Lipinski definition) is 1. The number of rotatable bonds is 5. The lowest BCUT2D eigenvalue weighted by atomic mass is 9.76. The van der Waals surface area contributed by atoms with Crippen LogP contribution in [0.4, 0.5) is 0 Å². The molecule has 0 amide bonds. The van der Waals surface area contributed by atoms with Crippen LogP contribution in [0.1, 0.15) is 41.0 Å². The van der Waals surface area contributed by atoms with E-state index in [-0.39, 0.29) is 17.4 Å². The maximum atomic E-state index is 10.8. The molecule has 0 aromatic rings. The minimum absolute atomic E-state index is 0.164. The summed E-state index contributed by atoms with van der Waals surface area (Å²) in [7, 11) is 3.97. The molecule has 0 aliphatic rings. The van der Waals surface area contributed by atoms with E-state index < -0.39 is 5.97 Å². The fourth-order valence-electron chi connectivity index (χ4n) is 3.07. The van der Waals surface area contributed by atoms with Gasteiger partial charge in [-0.05, 0) is 11.8 Å². The lowest BCUT2D eigenvalue weighted by Crippen LogP contribution is -2.50. The lowest BCUT2D eigenvalue weighted by Gasteiger charge is -2.39. The number of hydrogen-bond donors (Lipinski definition) is 1. The number of quaternary nitrogens is 1. The first-order chi connectivity index (χ1) is 6.83. The molecule has 0 saturated heterocycles. The van der Waals surface area contributed by atoms with E-state index in [4.69, 9.17) is 5.11 Å². The predicted molar refractivity (Wildman–Crippen MR) is 67.3 cm³/mol. The monoisotopic (exact) mass is 230 g/mol. The van der Waals surface area contributed by atoms with Crippen LogP contribution in [0, 0.1) is 10.8 Å². The van der Waals surface area contributed by atoms with E-state index in [1.807, 2.05) is 14.1 Å². The van der Waals surface area contributed by atoms with Crippen LogP contribution < -0.4 is 0 Å². The van der Waals surface area contributed by atoms with E-state index in [1.54, 1.807) is 0 Å². The molecule has 0 atom stereocenters. The van der Waals surface area contributed by atoms with Gasteiger partial charge in [-0.3, -0.25) is 0 Å². The van der Waals surface area contributed by atoms with Gasteiger partial charge in [-0.2, -0.15) is 0 Å². The highest BCUT2D eigenvalue weighted by molar-refractivity contribution is 5.67. The molecule has 0 rings (SSSR count). The molecule has 0 fully saturated rings. The highest BCUT2D eigenvalue weighted by Gasteiger charge is 2.33. The second kappa shape index (κ2) is 4.74. The zero-order chi connectivity index (χ0) is 13.2. The lowest BCUT2D eigenvalue weighted by molar-refractivity contribution is -0.889. The zero-order valence-electron chi connectivity index (χ0n) is 11.9. The molecule has 0 heterocycles. The van der Waals surface area contributed by atoms with Crippen LogP contribution in [0.15, 0.2) is 0 Å². The summed E-state index contributed by atoms with van der Waals surface area (Å²) < 4.78 is 0.540. The molecule has 3 heteroatoms. The van der Waals surface area contributed by atoms with Gasteiger partial charge in [0.2, 0.25) is 0 Å². The average molecular weight is 230 g/mol. The van der Waals surface area contributed by atoms with Crippen LogP contribution in [0.2, 0.25) is 0 Å². The van der Waals surface area contributed by atoms with Crippen molar-refractivity contribution in [3.8, 4) is 0 Å². The Balaban J connectivity index is 4.51. The first-order valence-electron chi connectivity index (χ1n) is 5.87. The zero-order valence-corrected chi connectivity index (χ0v) is 11.9. The normalized spacial score (nSPS) is 13.9. The average Bonchev–Trinajstić information content (AvgIpc) is 1.69. The summed E-state index contributed by atoms with van der Waals surface area (Å²) >= 11 is 0. The van der Waals surface area contributed by atoms with Gasteiger partial charge in [-0.1, -0.05) is 34.6 Å². The van der Waals surface area contributed by atoms with E-state index in [2.05, 4.69) is 34.6 Å². The van der Waals surface area contributed by atoms with Crippen molar-refractivity contribution < 1.29 is 14.4 Å². The Hall–Kier alpha value is -0.570. The number of carbonyl (C=O) groups is 1. The van der Waals surface area contributed by atoms with E-state index in [0.29, 0.717) is 4.48 Å². The molecule has 1 N–H and O–H groups in total. The van der Waals surface area contributed by atoms with Gasteiger partial charge in [-0.25, -0.2) is 4.79 Å². The molecule has 0 bridgehead atoms. The molecule has 0 aromatic carbocycles. The molecule has 0 radical (unpaired) electrons. The summed E-state index contributed by atoms with van der Waals surface area (Å²) in [4.78, 5) is 10.8. The Morgan fingerprint density at radius 3 is 1.88 bits per heavy atom. The van der Waals surface area contributed by atoms with Crippen LogP contribution in [0.5, 0.6) is 0 Å². The van der Waals surface area contributed by atoms with Crippen molar-refractivity contribution in [2.75, 3.05) is 27.2 Å². The summed E-state index contributed by atoms with van der Waals surface area (Å²) in [5.41, 5.74) is 0.448. The number of carboxylic acids is 1. The van der Waals surface area contributed by atoms with Crippen molar-refractivity contribution in [1.82, 2.24) is 0 Å². The molecule has 16 heavy (non-hydrogen) atoms. The standard InChI is InChI=1S/C13H27NO2/c1-12(2,3)9-13(4,5)10-14(6,7)8-11(15)16/h8-10H2,1-7H3/p+1. The summed E-state index contributed by atoms with van der Waals surface area (Å²) in [6, 6.07) is 0. The molecule has 0 unspecified atom stereocenters. The van der Waals surface area contributed by atoms with E-state index >= 15 is 0 Å². The largest absolute Gasteiger partial charge is 0.477 e. The second-order valence-electron chi connectivity index (χ2n) is 7.55. The summed E-state index contributed by atoms with van der Waals surface area (Å²) in [5.74, 6) is -0.725. The van der Waals surface area contributed by atoms with Crippen molar-refractivity contribution in [1.29, 1.82) is 0 Å². The van der Waals surface area contributed by atoms with Gasteiger partial charge in [0.25, 0.3) is 0 Å². The first kappa shape index (κ1) is 15.4. The molecule has 0 aromatic heterocycles. The van der Waals surface area contributed by atoms with Gasteiger partial charge in [0, 0.05) is 5.41 Å². The number of likely N-dealkylation sites (N-methyl/N-ethyl adjacent to an activating group) is 1. The van der Waals surface area contributed by atoms with Gasteiger partial charge < -0.3 is 9.59 Å². The van der Waals surface area contributed by atoms with Crippen molar-refractivity contribution in [3.05, 3.63) is 0 Å². The highest BCUT2D eigenvalue weighted by Crippen LogP contribution is 2.34. The molecule has 3 nitrogen and oxygen atoms in total. The third-order valence-corrected chi connectivity index (χ3v) is 2.43. The number of nitrogens with zero attached hydrogens (tertiary/aromatic N) is 1. The van der Waals surface area contributed by atoms with Crippen LogP contribution in [-0.2, 0) is 4.79 Å². The molecule has 0 aliphatic heterocycles. The van der Waals surface area contributed by atoms with Gasteiger partial charge in [0.05, 0.1) is 20.6 Å². The third-order valence-electron chi connectivity index (χ3n) is 2.43. The van der Waals surface area contributed by atoms with Gasteiger partial charge in [-0.15, -0.1) is 0 Å². The molecule has 0 spiro atoms. The minimum atomic E-state index is -0.725. The van der Waals surface area contributed by atoms with Gasteiger partial charge in [0.15, 0.2) is 6.54 Å². The Kier molecular flexibility index (Phi) is 4.57. The maximum Gasteiger partial charge on any atom is 0.359 e. The highest BCUT2D eigenvalue weighted by atomic mass is 16.4. The number of aliphatic carboxylic acids is 1. The van der Waals surface area contributed by atoms with Gasteiger partial charge in [0.1, 0.15) is 0 Å². The SMILES string of the molecule is CC(C)(C)CC(C)(C)C[N+](C)(C)CC(=O)O. The second-order valence-corrected chi connectivity index (χ2v) is 7.55. The van der Waals surface area contributed by atoms with Crippen LogP contribution in [0.25, 0.3) is 0 Å². The van der Waals surface area contributed by atoms with E-state index in [0.717, 1.165) is 13.0 Å². The Morgan fingerprint density at radius 2 is 1.56 bits per heavy atom. The van der Waals surface area contributed by atoms with E-state index in [9.17, 15) is 4.79 Å². The van der Waals surface area contributed by atoms with Gasteiger partial charge >= 0.3 is 5.97 Å². The fraction of sp³-hybridized carbons (Fsp3) is 0.923. The summed E-state index contributed by atoms with van der Waals surface area (Å²) in [6.07, 6.45) is 1.10. The molecule has 0 aliphatic carbocycles. The maximum absolute atomic E-state index is 10.8. The quantitative estimate of drug-likeness (QED) is 0.737. The molecular weight excluding hydrogens is 202 g/mol. The Labute approximate surface area is 100 Å². The summed E-state index contributed by atoms with van der Waals surface area (Å²) in [5, 5.41) is 8.86. The first-order valence-corrected chi connectivity index (χ1v) is 5.87. The van der Waals surface area contributed by atoms with Crippen molar-refractivity contribution in [3.63, 3.8) is 0 Å². The van der Waals surface area contributed by atoms with Crippen molar-refractivity contribution in [2.45, 2.75) is 41.0 Å². The number of carboxylic acid groups (broad SMARTS) is 1. The van der Waals surface area contributed by atoms with E-state index in [1.165, 1.54) is 0 Å². The third kappa shape index (κ3) is 7.69. The van der Waals surface area contributed by atoms with Crippen molar-refractivity contribution in [2.24, 2.45) is 10.8 Å². The fourth-order valence-corrected chi connectivity index (χ4v) is 3.07.